The third kappa shape index (κ3) is 3.71. The number of sulfone groups is 1. The number of hydrogen-bond donors (Lipinski definition) is 0. The average Bonchev–Trinajstić information content (AvgIpc) is 2.37. The van der Waals surface area contributed by atoms with Gasteiger partial charge in [0, 0.05) is 26.7 Å². The normalized spacial score (nSPS) is 23.6. The molecule has 110 valence electrons. The fourth-order valence-corrected chi connectivity index (χ4v) is 5.10. The fourth-order valence-electron chi connectivity index (χ4n) is 2.68. The molecule has 1 aromatic rings. The van der Waals surface area contributed by atoms with E-state index in [0.717, 1.165) is 21.8 Å². The summed E-state index contributed by atoms with van der Waals surface area (Å²) >= 11 is 6.76. The topological polar surface area (TPSA) is 51.2 Å². The monoisotopic (exact) mass is 422 g/mol. The summed E-state index contributed by atoms with van der Waals surface area (Å²) in [5.74, 6) is -0.154. The average molecular weight is 424 g/mol. The van der Waals surface area contributed by atoms with Gasteiger partial charge in [-0.3, -0.25) is 4.79 Å². The van der Waals surface area contributed by atoms with Crippen molar-refractivity contribution < 1.29 is 13.2 Å². The van der Waals surface area contributed by atoms with E-state index in [2.05, 4.69) is 31.9 Å². The van der Waals surface area contributed by atoms with E-state index in [4.69, 9.17) is 0 Å². The van der Waals surface area contributed by atoms with Crippen LogP contribution in [0.3, 0.4) is 0 Å². The van der Waals surface area contributed by atoms with Crippen LogP contribution in [0.1, 0.15) is 36.0 Å². The lowest BCUT2D eigenvalue weighted by Crippen LogP contribution is -2.31. The largest absolute Gasteiger partial charge is 0.294 e. The fraction of sp³-hybridized carbons (Fsp3) is 0.500. The highest BCUT2D eigenvalue weighted by molar-refractivity contribution is 9.11. The zero-order valence-electron chi connectivity index (χ0n) is 11.1. The highest BCUT2D eigenvalue weighted by Crippen LogP contribution is 2.33. The molecule has 2 atom stereocenters. The van der Waals surface area contributed by atoms with Crippen molar-refractivity contribution >= 4 is 47.5 Å². The maximum Gasteiger partial charge on any atom is 0.167 e. The van der Waals surface area contributed by atoms with Gasteiger partial charge in [0.25, 0.3) is 0 Å². The van der Waals surface area contributed by atoms with E-state index >= 15 is 0 Å². The van der Waals surface area contributed by atoms with Crippen molar-refractivity contribution in [2.24, 2.45) is 5.92 Å². The molecule has 1 fully saturated rings. The van der Waals surface area contributed by atoms with Gasteiger partial charge in [-0.1, -0.05) is 38.3 Å². The van der Waals surface area contributed by atoms with Crippen molar-refractivity contribution in [1.29, 1.82) is 0 Å². The molecule has 1 aliphatic carbocycles. The van der Waals surface area contributed by atoms with Gasteiger partial charge in [0.1, 0.15) is 9.84 Å². The lowest BCUT2D eigenvalue weighted by molar-refractivity contribution is 0.0890. The second-order valence-corrected chi connectivity index (χ2v) is 9.40. The molecular formula is C14H16Br2O3S. The first-order valence-electron chi connectivity index (χ1n) is 6.47. The standard InChI is InChI=1S/C14H16Br2O3S/c1-20(18,19)11-4-2-3-9(7-11)14(17)12-6-5-10(15)8-13(12)16/h5-6,8-9,11H,2-4,7H2,1H3. The summed E-state index contributed by atoms with van der Waals surface area (Å²) in [6.07, 6.45) is 3.94. The minimum absolute atomic E-state index is 0.0396. The summed E-state index contributed by atoms with van der Waals surface area (Å²) in [5.41, 5.74) is 0.632. The van der Waals surface area contributed by atoms with E-state index in [1.165, 1.54) is 6.26 Å². The molecule has 3 nitrogen and oxygen atoms in total. The van der Waals surface area contributed by atoms with Crippen molar-refractivity contribution in [1.82, 2.24) is 0 Å². The maximum absolute atomic E-state index is 12.6. The van der Waals surface area contributed by atoms with Crippen LogP contribution < -0.4 is 0 Å². The predicted octanol–water partition coefficient (Wildman–Crippen LogP) is 4.00. The van der Waals surface area contributed by atoms with Crippen molar-refractivity contribution in [2.75, 3.05) is 6.26 Å². The Labute approximate surface area is 136 Å². The molecule has 0 heterocycles. The van der Waals surface area contributed by atoms with E-state index in [-0.39, 0.29) is 17.0 Å². The highest BCUT2D eigenvalue weighted by atomic mass is 79.9. The molecule has 1 aromatic carbocycles. The Morgan fingerprint density at radius 1 is 1.25 bits per heavy atom. The molecule has 20 heavy (non-hydrogen) atoms. The molecule has 2 rings (SSSR count). The number of Topliss-reactive ketones (excluding diaryl/α,β-unsaturated/α-hetero) is 1. The second kappa shape index (κ2) is 6.28. The zero-order valence-corrected chi connectivity index (χ0v) is 15.1. The first-order chi connectivity index (χ1) is 9.29. The van der Waals surface area contributed by atoms with Crippen LogP contribution in [0.5, 0.6) is 0 Å². The summed E-state index contributed by atoms with van der Waals surface area (Å²) in [4.78, 5) is 12.6. The van der Waals surface area contributed by atoms with Crippen LogP contribution in [0.25, 0.3) is 0 Å². The van der Waals surface area contributed by atoms with Crippen LogP contribution in [0, 0.1) is 5.92 Å². The molecule has 0 radical (unpaired) electrons. The molecule has 0 bridgehead atoms. The Hall–Kier alpha value is -0.200. The Bertz CT molecular complexity index is 625. The van der Waals surface area contributed by atoms with Crippen LogP contribution in [-0.4, -0.2) is 25.7 Å². The highest BCUT2D eigenvalue weighted by Gasteiger charge is 2.33. The molecule has 0 aliphatic heterocycles. The summed E-state index contributed by atoms with van der Waals surface area (Å²) in [5, 5.41) is -0.376. The lowest BCUT2D eigenvalue weighted by atomic mass is 9.83. The van der Waals surface area contributed by atoms with Gasteiger partial charge in [-0.15, -0.1) is 0 Å². The van der Waals surface area contributed by atoms with Crippen LogP contribution in [0.2, 0.25) is 0 Å². The lowest BCUT2D eigenvalue weighted by Gasteiger charge is -2.27. The van der Waals surface area contributed by atoms with Gasteiger partial charge >= 0.3 is 0 Å². The maximum atomic E-state index is 12.6. The van der Waals surface area contributed by atoms with E-state index in [9.17, 15) is 13.2 Å². The summed E-state index contributed by atoms with van der Waals surface area (Å²) in [6, 6.07) is 5.44. The van der Waals surface area contributed by atoms with Gasteiger partial charge in [-0.25, -0.2) is 8.42 Å². The number of carbonyl (C=O) groups excluding carboxylic acids is 1. The number of ketones is 1. The Morgan fingerprint density at radius 3 is 2.55 bits per heavy atom. The molecule has 0 amide bonds. The number of carbonyl (C=O) groups is 1. The number of halogens is 2. The van der Waals surface area contributed by atoms with Gasteiger partial charge in [0.15, 0.2) is 5.78 Å². The van der Waals surface area contributed by atoms with Gasteiger partial charge < -0.3 is 0 Å². The van der Waals surface area contributed by atoms with Crippen LogP contribution in [-0.2, 0) is 9.84 Å². The molecule has 0 spiro atoms. The molecule has 0 aromatic heterocycles. The van der Waals surface area contributed by atoms with Crippen LogP contribution >= 0.6 is 31.9 Å². The van der Waals surface area contributed by atoms with Crippen molar-refractivity contribution in [3.8, 4) is 0 Å². The zero-order chi connectivity index (χ0) is 14.9. The van der Waals surface area contributed by atoms with E-state index in [1.54, 1.807) is 6.07 Å². The number of rotatable bonds is 3. The third-order valence-electron chi connectivity index (χ3n) is 3.80. The Kier molecular flexibility index (Phi) is 5.08. The summed E-state index contributed by atoms with van der Waals surface area (Å²) in [6.45, 7) is 0. The number of benzene rings is 1. The molecule has 6 heteroatoms. The van der Waals surface area contributed by atoms with Crippen LogP contribution in [0.4, 0.5) is 0 Å². The van der Waals surface area contributed by atoms with Crippen molar-refractivity contribution in [3.05, 3.63) is 32.7 Å². The second-order valence-electron chi connectivity index (χ2n) is 5.30. The molecule has 1 aliphatic rings. The summed E-state index contributed by atoms with van der Waals surface area (Å²) < 4.78 is 25.0. The minimum Gasteiger partial charge on any atom is -0.294 e. The van der Waals surface area contributed by atoms with Crippen molar-refractivity contribution in [3.63, 3.8) is 0 Å². The number of hydrogen-bond acceptors (Lipinski definition) is 3. The summed E-state index contributed by atoms with van der Waals surface area (Å²) in [7, 11) is -3.06. The van der Waals surface area contributed by atoms with E-state index in [1.807, 2.05) is 12.1 Å². The molecule has 2 unspecified atom stereocenters. The predicted molar refractivity (Wildman–Crippen MR) is 86.8 cm³/mol. The molecule has 1 saturated carbocycles. The van der Waals surface area contributed by atoms with Gasteiger partial charge in [-0.2, -0.15) is 0 Å². The smallest absolute Gasteiger partial charge is 0.167 e. The molecular weight excluding hydrogens is 408 g/mol. The Morgan fingerprint density at radius 2 is 1.95 bits per heavy atom. The molecule has 0 N–H and O–H groups in total. The van der Waals surface area contributed by atoms with E-state index < -0.39 is 9.84 Å². The minimum atomic E-state index is -3.06. The molecule has 0 saturated heterocycles. The Balaban J connectivity index is 2.21. The van der Waals surface area contributed by atoms with Gasteiger partial charge in [0.05, 0.1) is 5.25 Å². The SMILES string of the molecule is CS(=O)(=O)C1CCCC(C(=O)c2ccc(Br)cc2Br)C1. The van der Waals surface area contributed by atoms with Crippen molar-refractivity contribution in [2.45, 2.75) is 30.9 Å². The third-order valence-corrected chi connectivity index (χ3v) is 6.59. The van der Waals surface area contributed by atoms with Crippen LogP contribution in [0.15, 0.2) is 27.1 Å². The van der Waals surface area contributed by atoms with Gasteiger partial charge in [0.2, 0.25) is 0 Å². The van der Waals surface area contributed by atoms with E-state index in [0.29, 0.717) is 18.4 Å². The quantitative estimate of drug-likeness (QED) is 0.690. The van der Waals surface area contributed by atoms with Gasteiger partial charge in [-0.05, 0) is 37.5 Å². The first kappa shape index (κ1) is 16.2. The first-order valence-corrected chi connectivity index (χ1v) is 10.0.